The maximum absolute atomic E-state index is 13.5. The molecular formula is C26H24F3N5O5S. The third-order valence-electron chi connectivity index (χ3n) is 6.12. The van der Waals surface area contributed by atoms with Crippen molar-refractivity contribution < 1.29 is 36.0 Å². The Morgan fingerprint density at radius 2 is 1.55 bits per heavy atom. The lowest BCUT2D eigenvalue weighted by atomic mass is 10.1. The second kappa shape index (κ2) is 11.7. The number of carbonyl (C=O) groups is 3. The number of halogens is 3. The van der Waals surface area contributed by atoms with Crippen molar-refractivity contribution in [2.45, 2.75) is 12.7 Å². The number of anilines is 1. The largest absolute Gasteiger partial charge is 0.472 e. The lowest BCUT2D eigenvalue weighted by molar-refractivity contribution is -0.174. The van der Waals surface area contributed by atoms with Crippen LogP contribution in [0.5, 0.6) is 0 Å². The molecule has 14 heteroatoms. The molecule has 3 aromatic rings. The van der Waals surface area contributed by atoms with Gasteiger partial charge in [-0.15, -0.1) is 0 Å². The van der Waals surface area contributed by atoms with Crippen molar-refractivity contribution in [3.8, 4) is 11.1 Å². The summed E-state index contributed by atoms with van der Waals surface area (Å²) in [5.74, 6) is -3.55. The van der Waals surface area contributed by atoms with Crippen LogP contribution in [0.4, 0.5) is 23.7 Å². The number of pyridine rings is 1. The monoisotopic (exact) mass is 575 g/mol. The summed E-state index contributed by atoms with van der Waals surface area (Å²) in [5.41, 5.74) is 5.86. The van der Waals surface area contributed by atoms with Gasteiger partial charge < -0.3 is 4.90 Å². The van der Waals surface area contributed by atoms with Gasteiger partial charge in [-0.05, 0) is 47.0 Å². The molecule has 0 bridgehead atoms. The summed E-state index contributed by atoms with van der Waals surface area (Å²) in [6.45, 7) is 0.156. The number of urea groups is 1. The molecule has 0 spiro atoms. The molecule has 0 aliphatic carbocycles. The van der Waals surface area contributed by atoms with E-state index in [2.05, 4.69) is 4.98 Å². The van der Waals surface area contributed by atoms with Crippen LogP contribution in [0.15, 0.2) is 73.1 Å². The molecule has 2 N–H and O–H groups in total. The van der Waals surface area contributed by atoms with Gasteiger partial charge in [0.1, 0.15) is 0 Å². The first-order chi connectivity index (χ1) is 18.9. The van der Waals surface area contributed by atoms with E-state index in [1.807, 2.05) is 18.2 Å². The lowest BCUT2D eigenvalue weighted by Crippen LogP contribution is -2.49. The van der Waals surface area contributed by atoms with Crippen LogP contribution in [-0.4, -0.2) is 66.9 Å². The fraction of sp³-hybridized carbons (Fsp3) is 0.231. The van der Waals surface area contributed by atoms with Crippen LogP contribution >= 0.6 is 0 Å². The van der Waals surface area contributed by atoms with E-state index in [-0.39, 0.29) is 36.7 Å². The molecule has 1 fully saturated rings. The van der Waals surface area contributed by atoms with E-state index in [1.165, 1.54) is 39.5 Å². The lowest BCUT2D eigenvalue weighted by Gasteiger charge is -2.33. The van der Waals surface area contributed by atoms with Gasteiger partial charge in [-0.1, -0.05) is 30.3 Å². The van der Waals surface area contributed by atoms with Crippen LogP contribution < -0.4 is 15.8 Å². The SMILES string of the molecule is O=C(NNC(=O)C(F)(F)F)c1ccc(CN(C(=O)N2CCS(=O)(=O)CC2)c2ccc(-c3cccnc3)cc2)cc1. The zero-order valence-electron chi connectivity index (χ0n) is 20.9. The second-order valence-electron chi connectivity index (χ2n) is 8.90. The smallest absolute Gasteiger partial charge is 0.322 e. The Balaban J connectivity index is 1.52. The summed E-state index contributed by atoms with van der Waals surface area (Å²) < 4.78 is 60.7. The molecule has 4 amide bonds. The van der Waals surface area contributed by atoms with Crippen LogP contribution in [0.2, 0.25) is 0 Å². The summed E-state index contributed by atoms with van der Waals surface area (Å²) in [5, 5.41) is 0. The van der Waals surface area contributed by atoms with E-state index in [4.69, 9.17) is 0 Å². The number of hydrazine groups is 1. The van der Waals surface area contributed by atoms with Crippen molar-refractivity contribution in [1.82, 2.24) is 20.7 Å². The normalized spacial score (nSPS) is 14.7. The van der Waals surface area contributed by atoms with E-state index in [1.54, 1.807) is 36.0 Å². The Bertz CT molecular complexity index is 1470. The first kappa shape index (κ1) is 28.5. The van der Waals surface area contributed by atoms with E-state index in [9.17, 15) is 36.0 Å². The highest BCUT2D eigenvalue weighted by Crippen LogP contribution is 2.25. The van der Waals surface area contributed by atoms with E-state index in [0.717, 1.165) is 11.1 Å². The molecule has 0 radical (unpaired) electrons. The molecule has 40 heavy (non-hydrogen) atoms. The number of hydrogen-bond acceptors (Lipinski definition) is 6. The van der Waals surface area contributed by atoms with Crippen LogP contribution in [0.3, 0.4) is 0 Å². The Morgan fingerprint density at radius 3 is 2.12 bits per heavy atom. The Hall–Kier alpha value is -4.46. The van der Waals surface area contributed by atoms with Crippen molar-refractivity contribution in [1.29, 1.82) is 0 Å². The molecule has 10 nitrogen and oxygen atoms in total. The predicted molar refractivity (Wildman–Crippen MR) is 140 cm³/mol. The Kier molecular flexibility index (Phi) is 8.38. The van der Waals surface area contributed by atoms with Crippen molar-refractivity contribution in [2.24, 2.45) is 0 Å². The number of carbonyl (C=O) groups excluding carboxylic acids is 3. The molecule has 1 aliphatic heterocycles. The minimum atomic E-state index is -5.15. The van der Waals surface area contributed by atoms with Gasteiger partial charge in [0.2, 0.25) is 0 Å². The molecule has 4 rings (SSSR count). The molecule has 2 heterocycles. The average molecular weight is 576 g/mol. The predicted octanol–water partition coefficient (Wildman–Crippen LogP) is 2.93. The first-order valence-corrected chi connectivity index (χ1v) is 13.8. The zero-order chi connectivity index (χ0) is 28.9. The van der Waals surface area contributed by atoms with Gasteiger partial charge >= 0.3 is 18.1 Å². The van der Waals surface area contributed by atoms with Crippen molar-refractivity contribution in [2.75, 3.05) is 29.5 Å². The molecule has 0 atom stereocenters. The highest BCUT2D eigenvalue weighted by molar-refractivity contribution is 7.91. The van der Waals surface area contributed by atoms with Gasteiger partial charge in [0.25, 0.3) is 5.91 Å². The van der Waals surface area contributed by atoms with Crippen LogP contribution in [0.1, 0.15) is 15.9 Å². The van der Waals surface area contributed by atoms with Crippen LogP contribution in [0.25, 0.3) is 11.1 Å². The third kappa shape index (κ3) is 7.14. The quantitative estimate of drug-likeness (QED) is 0.451. The number of rotatable bonds is 5. The molecule has 1 aromatic heterocycles. The maximum Gasteiger partial charge on any atom is 0.472 e. The number of benzene rings is 2. The zero-order valence-corrected chi connectivity index (χ0v) is 21.7. The summed E-state index contributed by atoms with van der Waals surface area (Å²) in [6.07, 6.45) is -1.79. The van der Waals surface area contributed by atoms with Crippen molar-refractivity contribution in [3.05, 3.63) is 84.2 Å². The van der Waals surface area contributed by atoms with E-state index < -0.39 is 33.9 Å². The second-order valence-corrected chi connectivity index (χ2v) is 11.2. The number of nitrogens with zero attached hydrogens (tertiary/aromatic N) is 3. The number of alkyl halides is 3. The van der Waals surface area contributed by atoms with Gasteiger partial charge in [-0.3, -0.25) is 30.3 Å². The fourth-order valence-corrected chi connectivity index (χ4v) is 5.11. The summed E-state index contributed by atoms with van der Waals surface area (Å²) in [4.78, 5) is 43.6. The van der Waals surface area contributed by atoms with Gasteiger partial charge in [-0.25, -0.2) is 13.2 Å². The highest BCUT2D eigenvalue weighted by atomic mass is 32.2. The molecule has 2 aromatic carbocycles. The Labute approximate surface area is 227 Å². The van der Waals surface area contributed by atoms with Crippen LogP contribution in [-0.2, 0) is 21.2 Å². The molecule has 210 valence electrons. The van der Waals surface area contributed by atoms with Gasteiger partial charge in [0.15, 0.2) is 9.84 Å². The molecule has 1 aliphatic rings. The molecule has 0 saturated carbocycles. The van der Waals surface area contributed by atoms with Gasteiger partial charge in [-0.2, -0.15) is 13.2 Å². The van der Waals surface area contributed by atoms with Crippen molar-refractivity contribution >= 4 is 33.4 Å². The topological polar surface area (TPSA) is 129 Å². The first-order valence-electron chi connectivity index (χ1n) is 12.0. The highest BCUT2D eigenvalue weighted by Gasteiger charge is 2.39. The van der Waals surface area contributed by atoms with E-state index in [0.29, 0.717) is 11.3 Å². The summed E-state index contributed by atoms with van der Waals surface area (Å²) >= 11 is 0. The molecule has 0 unspecified atom stereocenters. The number of nitrogens with one attached hydrogen (secondary N) is 2. The van der Waals surface area contributed by atoms with Crippen molar-refractivity contribution in [3.63, 3.8) is 0 Å². The van der Waals surface area contributed by atoms with Gasteiger partial charge in [0.05, 0.1) is 18.1 Å². The maximum atomic E-state index is 13.5. The molecule has 1 saturated heterocycles. The van der Waals surface area contributed by atoms with E-state index >= 15 is 0 Å². The molecular weight excluding hydrogens is 551 g/mol. The summed E-state index contributed by atoms with van der Waals surface area (Å²) in [6, 6.07) is 16.2. The number of aromatic nitrogens is 1. The number of hydrogen-bond donors (Lipinski definition) is 2. The fourth-order valence-electron chi connectivity index (χ4n) is 3.91. The minimum Gasteiger partial charge on any atom is -0.322 e. The van der Waals surface area contributed by atoms with Gasteiger partial charge in [0, 0.05) is 36.7 Å². The van der Waals surface area contributed by atoms with Crippen LogP contribution in [0, 0.1) is 0 Å². The third-order valence-corrected chi connectivity index (χ3v) is 7.73. The minimum absolute atomic E-state index is 0.0221. The Morgan fingerprint density at radius 1 is 0.900 bits per heavy atom. The summed E-state index contributed by atoms with van der Waals surface area (Å²) in [7, 11) is -3.21. The average Bonchev–Trinajstić information content (AvgIpc) is 2.94. The number of sulfone groups is 1. The standard InChI is InChI=1S/C26H24F3N5O5S/c27-26(28,29)24(36)32-31-23(35)20-5-3-18(4-6-20)17-34(25(37)33-12-14-40(38,39)15-13-33)22-9-7-19(8-10-22)21-2-1-11-30-16-21/h1-11,16H,12-15,17H2,(H,31,35)(H,32,36). The number of amides is 4.